The Kier molecular flexibility index (Phi) is 2.61. The summed E-state index contributed by atoms with van der Waals surface area (Å²) >= 11 is 0. The Bertz CT molecular complexity index is 309. The van der Waals surface area contributed by atoms with Crippen LogP contribution in [-0.2, 0) is 0 Å². The molecule has 0 amide bonds. The summed E-state index contributed by atoms with van der Waals surface area (Å²) in [7, 11) is 0. The standard InChI is InChI=1S/C9H9NO.ClH/c10-8-5-6-11-9-4-2-1-3-7(8)9;/h1-5H,6,10H2;1H. The summed E-state index contributed by atoms with van der Waals surface area (Å²) in [6.07, 6.45) is 1.88. The molecule has 1 aliphatic rings. The first kappa shape index (κ1) is 8.94. The van der Waals surface area contributed by atoms with Crippen LogP contribution in [0.25, 0.3) is 5.70 Å². The summed E-state index contributed by atoms with van der Waals surface area (Å²) in [4.78, 5) is 0. The molecule has 2 N–H and O–H groups in total. The van der Waals surface area contributed by atoms with Gasteiger partial charge >= 0.3 is 0 Å². The van der Waals surface area contributed by atoms with Crippen LogP contribution in [0.15, 0.2) is 30.3 Å². The molecule has 0 saturated carbocycles. The third-order valence-electron chi connectivity index (χ3n) is 1.74. The van der Waals surface area contributed by atoms with Crippen LogP contribution in [-0.4, -0.2) is 6.61 Å². The minimum Gasteiger partial charge on any atom is -0.489 e. The van der Waals surface area contributed by atoms with Crippen LogP contribution < -0.4 is 10.5 Å². The van der Waals surface area contributed by atoms with Crippen LogP contribution >= 0.6 is 12.4 Å². The average molecular weight is 184 g/mol. The number of fused-ring (bicyclic) bond motifs is 1. The molecule has 1 heterocycles. The molecule has 12 heavy (non-hydrogen) atoms. The van der Waals surface area contributed by atoms with Gasteiger partial charge in [0.15, 0.2) is 0 Å². The van der Waals surface area contributed by atoms with Gasteiger partial charge in [0, 0.05) is 11.3 Å². The fourth-order valence-electron chi connectivity index (χ4n) is 1.16. The zero-order valence-electron chi connectivity index (χ0n) is 6.49. The van der Waals surface area contributed by atoms with Crippen molar-refractivity contribution in [3.63, 3.8) is 0 Å². The Balaban J connectivity index is 0.000000720. The van der Waals surface area contributed by atoms with Gasteiger partial charge in [0.2, 0.25) is 0 Å². The van der Waals surface area contributed by atoms with Gasteiger partial charge in [-0.2, -0.15) is 0 Å². The number of benzene rings is 1. The second-order valence-electron chi connectivity index (χ2n) is 2.47. The molecule has 0 atom stereocenters. The SMILES string of the molecule is Cl.NC1=CCOc2ccccc21. The maximum atomic E-state index is 5.73. The lowest BCUT2D eigenvalue weighted by atomic mass is 10.1. The van der Waals surface area contributed by atoms with E-state index in [1.54, 1.807) is 0 Å². The lowest BCUT2D eigenvalue weighted by Crippen LogP contribution is -2.08. The monoisotopic (exact) mass is 183 g/mol. The van der Waals surface area contributed by atoms with Crippen LogP contribution in [0.4, 0.5) is 0 Å². The van der Waals surface area contributed by atoms with E-state index in [9.17, 15) is 0 Å². The third kappa shape index (κ3) is 1.38. The Labute approximate surface area is 77.4 Å². The molecule has 0 spiro atoms. The van der Waals surface area contributed by atoms with Gasteiger partial charge in [-0.15, -0.1) is 12.4 Å². The van der Waals surface area contributed by atoms with E-state index in [0.717, 1.165) is 17.0 Å². The van der Waals surface area contributed by atoms with Gasteiger partial charge in [0.25, 0.3) is 0 Å². The zero-order valence-corrected chi connectivity index (χ0v) is 7.30. The topological polar surface area (TPSA) is 35.2 Å². The van der Waals surface area contributed by atoms with Crippen LogP contribution in [0.5, 0.6) is 5.75 Å². The fourth-order valence-corrected chi connectivity index (χ4v) is 1.16. The third-order valence-corrected chi connectivity index (χ3v) is 1.74. The maximum Gasteiger partial charge on any atom is 0.129 e. The van der Waals surface area contributed by atoms with Gasteiger partial charge in [-0.3, -0.25) is 0 Å². The number of halogens is 1. The van der Waals surface area contributed by atoms with Crippen molar-refractivity contribution in [2.75, 3.05) is 6.61 Å². The lowest BCUT2D eigenvalue weighted by molar-refractivity contribution is 0.357. The highest BCUT2D eigenvalue weighted by molar-refractivity contribution is 5.85. The molecule has 2 nitrogen and oxygen atoms in total. The van der Waals surface area contributed by atoms with Crippen molar-refractivity contribution in [3.8, 4) is 5.75 Å². The first-order valence-corrected chi connectivity index (χ1v) is 3.56. The normalized spacial score (nSPS) is 13.5. The highest BCUT2D eigenvalue weighted by Crippen LogP contribution is 2.25. The Morgan fingerprint density at radius 2 is 2.00 bits per heavy atom. The van der Waals surface area contributed by atoms with E-state index in [2.05, 4.69) is 0 Å². The largest absolute Gasteiger partial charge is 0.489 e. The predicted molar refractivity (Wildman–Crippen MR) is 51.3 cm³/mol. The van der Waals surface area contributed by atoms with Crippen LogP contribution in [0.1, 0.15) is 5.56 Å². The molecule has 0 bridgehead atoms. The molecule has 0 unspecified atom stereocenters. The van der Waals surface area contributed by atoms with Gasteiger partial charge < -0.3 is 10.5 Å². The van der Waals surface area contributed by atoms with Crippen LogP contribution in [0.2, 0.25) is 0 Å². The number of ether oxygens (including phenoxy) is 1. The number of nitrogens with two attached hydrogens (primary N) is 1. The number of hydrogen-bond donors (Lipinski definition) is 1. The van der Waals surface area contributed by atoms with Crippen molar-refractivity contribution in [1.29, 1.82) is 0 Å². The average Bonchev–Trinajstić information content (AvgIpc) is 2.06. The van der Waals surface area contributed by atoms with E-state index in [0.29, 0.717) is 6.61 Å². The molecule has 0 aromatic heterocycles. The van der Waals surface area contributed by atoms with Crippen molar-refractivity contribution < 1.29 is 4.74 Å². The fraction of sp³-hybridized carbons (Fsp3) is 0.111. The van der Waals surface area contributed by atoms with E-state index >= 15 is 0 Å². The van der Waals surface area contributed by atoms with Gasteiger partial charge in [-0.05, 0) is 18.2 Å². The number of hydrogen-bond acceptors (Lipinski definition) is 2. The molecule has 3 heteroatoms. The minimum absolute atomic E-state index is 0. The molecular formula is C9H10ClNO. The quantitative estimate of drug-likeness (QED) is 0.666. The molecule has 1 aromatic rings. The minimum atomic E-state index is 0. The van der Waals surface area contributed by atoms with Crippen molar-refractivity contribution >= 4 is 18.1 Å². The summed E-state index contributed by atoms with van der Waals surface area (Å²) in [5, 5.41) is 0. The van der Waals surface area contributed by atoms with E-state index < -0.39 is 0 Å². The molecular weight excluding hydrogens is 174 g/mol. The van der Waals surface area contributed by atoms with Gasteiger partial charge in [0.05, 0.1) is 0 Å². The van der Waals surface area contributed by atoms with Crippen molar-refractivity contribution in [1.82, 2.24) is 0 Å². The summed E-state index contributed by atoms with van der Waals surface area (Å²) in [6.45, 7) is 0.586. The highest BCUT2D eigenvalue weighted by atomic mass is 35.5. The molecule has 0 fully saturated rings. The molecule has 0 aliphatic carbocycles. The van der Waals surface area contributed by atoms with Gasteiger partial charge in [-0.1, -0.05) is 12.1 Å². The summed E-state index contributed by atoms with van der Waals surface area (Å²) in [5.41, 5.74) is 7.54. The molecule has 2 rings (SSSR count). The molecule has 1 aromatic carbocycles. The second-order valence-corrected chi connectivity index (χ2v) is 2.47. The van der Waals surface area contributed by atoms with E-state index in [-0.39, 0.29) is 12.4 Å². The Hall–Kier alpha value is -1.15. The zero-order chi connectivity index (χ0) is 7.68. The van der Waals surface area contributed by atoms with Crippen molar-refractivity contribution in [2.24, 2.45) is 5.73 Å². The molecule has 1 aliphatic heterocycles. The summed E-state index contributed by atoms with van der Waals surface area (Å²) in [5.74, 6) is 0.882. The molecule has 0 radical (unpaired) electrons. The van der Waals surface area contributed by atoms with Crippen LogP contribution in [0.3, 0.4) is 0 Å². The van der Waals surface area contributed by atoms with E-state index in [4.69, 9.17) is 10.5 Å². The number of rotatable bonds is 0. The second kappa shape index (κ2) is 3.50. The lowest BCUT2D eigenvalue weighted by Gasteiger charge is -2.14. The van der Waals surface area contributed by atoms with Crippen LogP contribution in [0, 0.1) is 0 Å². The van der Waals surface area contributed by atoms with Gasteiger partial charge in [-0.25, -0.2) is 0 Å². The Morgan fingerprint density at radius 3 is 2.75 bits per heavy atom. The smallest absolute Gasteiger partial charge is 0.129 e. The summed E-state index contributed by atoms with van der Waals surface area (Å²) < 4.78 is 5.34. The highest BCUT2D eigenvalue weighted by Gasteiger charge is 2.08. The predicted octanol–water partition coefficient (Wildman–Crippen LogP) is 1.80. The first-order chi connectivity index (χ1) is 5.38. The van der Waals surface area contributed by atoms with E-state index in [1.807, 2.05) is 30.3 Å². The van der Waals surface area contributed by atoms with E-state index in [1.165, 1.54) is 0 Å². The number of para-hydroxylation sites is 1. The molecule has 64 valence electrons. The van der Waals surface area contributed by atoms with Crippen molar-refractivity contribution in [3.05, 3.63) is 35.9 Å². The van der Waals surface area contributed by atoms with Crippen molar-refractivity contribution in [2.45, 2.75) is 0 Å². The molecule has 0 saturated heterocycles. The summed E-state index contributed by atoms with van der Waals surface area (Å²) in [6, 6.07) is 7.78. The Morgan fingerprint density at radius 1 is 1.25 bits per heavy atom. The van der Waals surface area contributed by atoms with Gasteiger partial charge in [0.1, 0.15) is 12.4 Å². The maximum absolute atomic E-state index is 5.73. The first-order valence-electron chi connectivity index (χ1n) is 3.56.